The maximum atomic E-state index is 11.5. The van der Waals surface area contributed by atoms with Crippen molar-refractivity contribution in [2.75, 3.05) is 6.26 Å². The predicted molar refractivity (Wildman–Crippen MR) is 65.6 cm³/mol. The smallest absolute Gasteiger partial charge is 0.269 e. The number of benzene rings is 1. The number of nitrogens with two attached hydrogens (primary N) is 1. The van der Waals surface area contributed by atoms with Crippen molar-refractivity contribution in [3.05, 3.63) is 29.8 Å². The van der Waals surface area contributed by atoms with E-state index in [9.17, 15) is 4.79 Å². The fraction of sp³-hybridized carbons (Fsp3) is 0.111. The van der Waals surface area contributed by atoms with Crippen LogP contribution in [0.4, 0.5) is 0 Å². The molecule has 0 aliphatic rings. The Hall–Kier alpha value is -1.27. The molecule has 0 aromatic heterocycles. The van der Waals surface area contributed by atoms with Crippen LogP contribution in [-0.4, -0.2) is 17.3 Å². The first-order chi connectivity index (χ1) is 7.13. The van der Waals surface area contributed by atoms with Crippen LogP contribution in [0.15, 0.2) is 29.2 Å². The van der Waals surface area contributed by atoms with Crippen molar-refractivity contribution < 1.29 is 4.79 Å². The van der Waals surface area contributed by atoms with Crippen LogP contribution in [0.1, 0.15) is 10.4 Å². The number of carbonyl (C=O) groups excluding carboxylic acids is 1. The maximum absolute atomic E-state index is 11.5. The predicted octanol–water partition coefficient (Wildman–Crippen LogP) is 0.887. The average Bonchev–Trinajstić information content (AvgIpc) is 2.26. The number of amides is 1. The molecule has 1 amide bonds. The Bertz CT molecular complexity index is 364. The van der Waals surface area contributed by atoms with Gasteiger partial charge < -0.3 is 5.73 Å². The molecule has 0 saturated heterocycles. The molecule has 0 unspecified atom stereocenters. The Balaban J connectivity index is 2.62. The summed E-state index contributed by atoms with van der Waals surface area (Å²) in [6.07, 6.45) is 1.98. The van der Waals surface area contributed by atoms with Gasteiger partial charge in [0.2, 0.25) is 0 Å². The normalized spacial score (nSPS) is 9.40. The highest BCUT2D eigenvalue weighted by Crippen LogP contribution is 2.14. The van der Waals surface area contributed by atoms with Gasteiger partial charge in [0.05, 0.1) is 0 Å². The van der Waals surface area contributed by atoms with E-state index in [2.05, 4.69) is 23.1 Å². The molecular weight excluding hydrogens is 230 g/mol. The minimum atomic E-state index is -0.268. The van der Waals surface area contributed by atoms with E-state index in [0.29, 0.717) is 5.56 Å². The lowest BCUT2D eigenvalue weighted by Gasteiger charge is -2.06. The van der Waals surface area contributed by atoms with Gasteiger partial charge in [-0.15, -0.1) is 11.8 Å². The van der Waals surface area contributed by atoms with Crippen LogP contribution in [0, 0.1) is 0 Å². The van der Waals surface area contributed by atoms with Gasteiger partial charge >= 0.3 is 0 Å². The summed E-state index contributed by atoms with van der Waals surface area (Å²) in [5.41, 5.74) is 10.5. The first kappa shape index (κ1) is 11.8. The van der Waals surface area contributed by atoms with E-state index < -0.39 is 0 Å². The maximum Gasteiger partial charge on any atom is 0.269 e. The van der Waals surface area contributed by atoms with E-state index in [0.717, 1.165) is 4.90 Å². The summed E-state index contributed by atoms with van der Waals surface area (Å²) in [6, 6.07) is 7.23. The standard InChI is InChI=1S/C9H11N3OS2/c1-15-7-4-2-6(3-5-7)8(13)11-12-9(10)14/h2-5H,1H3,(H,11,13)(H3,10,12,14). The van der Waals surface area contributed by atoms with Crippen molar-refractivity contribution in [3.63, 3.8) is 0 Å². The van der Waals surface area contributed by atoms with Gasteiger partial charge in [-0.3, -0.25) is 15.6 Å². The monoisotopic (exact) mass is 241 g/mol. The van der Waals surface area contributed by atoms with Crippen molar-refractivity contribution >= 4 is 35.0 Å². The number of hydrogen-bond donors (Lipinski definition) is 3. The molecule has 0 spiro atoms. The Morgan fingerprint density at radius 2 is 1.93 bits per heavy atom. The number of thioether (sulfide) groups is 1. The lowest BCUT2D eigenvalue weighted by atomic mass is 10.2. The molecular formula is C9H11N3OS2. The Morgan fingerprint density at radius 1 is 1.33 bits per heavy atom. The zero-order chi connectivity index (χ0) is 11.3. The lowest BCUT2D eigenvalue weighted by Crippen LogP contribution is -2.44. The summed E-state index contributed by atoms with van der Waals surface area (Å²) in [5, 5.41) is 0.0316. The van der Waals surface area contributed by atoms with E-state index in [-0.39, 0.29) is 11.0 Å². The van der Waals surface area contributed by atoms with Crippen LogP contribution in [0.2, 0.25) is 0 Å². The molecule has 1 rings (SSSR count). The van der Waals surface area contributed by atoms with Crippen LogP contribution in [-0.2, 0) is 0 Å². The van der Waals surface area contributed by atoms with Crippen LogP contribution >= 0.6 is 24.0 Å². The van der Waals surface area contributed by atoms with Crippen LogP contribution < -0.4 is 16.6 Å². The molecule has 0 heterocycles. The Labute approximate surface area is 97.6 Å². The summed E-state index contributed by atoms with van der Waals surface area (Å²) in [5.74, 6) is -0.268. The molecule has 0 radical (unpaired) electrons. The molecule has 6 heteroatoms. The third-order valence-corrected chi connectivity index (χ3v) is 2.50. The highest BCUT2D eigenvalue weighted by Gasteiger charge is 2.04. The van der Waals surface area contributed by atoms with Crippen LogP contribution in [0.25, 0.3) is 0 Å². The van der Waals surface area contributed by atoms with Crippen LogP contribution in [0.3, 0.4) is 0 Å². The minimum absolute atomic E-state index is 0.0316. The fourth-order valence-corrected chi connectivity index (χ4v) is 1.39. The zero-order valence-electron chi connectivity index (χ0n) is 8.11. The molecule has 0 aliphatic heterocycles. The number of nitrogens with one attached hydrogen (secondary N) is 2. The molecule has 1 aromatic rings. The molecule has 4 nitrogen and oxygen atoms in total. The number of hydrogen-bond acceptors (Lipinski definition) is 3. The van der Waals surface area contributed by atoms with Crippen molar-refractivity contribution in [2.24, 2.45) is 5.73 Å². The largest absolute Gasteiger partial charge is 0.375 e. The summed E-state index contributed by atoms with van der Waals surface area (Å²) >= 11 is 6.17. The molecule has 0 bridgehead atoms. The van der Waals surface area contributed by atoms with Gasteiger partial charge in [-0.2, -0.15) is 0 Å². The zero-order valence-corrected chi connectivity index (χ0v) is 9.74. The first-order valence-corrected chi connectivity index (χ1v) is 5.76. The van der Waals surface area contributed by atoms with Crippen molar-refractivity contribution in [3.8, 4) is 0 Å². The topological polar surface area (TPSA) is 67.2 Å². The number of rotatable bonds is 2. The first-order valence-electron chi connectivity index (χ1n) is 4.13. The lowest BCUT2D eigenvalue weighted by molar-refractivity contribution is 0.0944. The van der Waals surface area contributed by atoms with E-state index in [4.69, 9.17) is 5.73 Å². The number of hydrazine groups is 1. The van der Waals surface area contributed by atoms with E-state index >= 15 is 0 Å². The molecule has 1 aromatic carbocycles. The molecule has 0 aliphatic carbocycles. The second-order valence-corrected chi connectivity index (χ2v) is 3.99. The molecule has 80 valence electrons. The van der Waals surface area contributed by atoms with Gasteiger partial charge in [0.25, 0.3) is 5.91 Å². The van der Waals surface area contributed by atoms with E-state index in [1.165, 1.54) is 0 Å². The quantitative estimate of drug-likeness (QED) is 0.407. The van der Waals surface area contributed by atoms with Gasteiger partial charge in [0.15, 0.2) is 5.11 Å². The highest BCUT2D eigenvalue weighted by atomic mass is 32.2. The second-order valence-electron chi connectivity index (χ2n) is 2.67. The summed E-state index contributed by atoms with van der Waals surface area (Å²) in [4.78, 5) is 12.6. The third kappa shape index (κ3) is 3.77. The number of carbonyl (C=O) groups is 1. The van der Waals surface area contributed by atoms with Crippen LogP contribution in [0.5, 0.6) is 0 Å². The van der Waals surface area contributed by atoms with Crippen molar-refractivity contribution in [2.45, 2.75) is 4.90 Å². The summed E-state index contributed by atoms with van der Waals surface area (Å²) < 4.78 is 0. The van der Waals surface area contributed by atoms with Crippen molar-refractivity contribution in [1.82, 2.24) is 10.9 Å². The van der Waals surface area contributed by atoms with Gasteiger partial charge in [0, 0.05) is 10.5 Å². The van der Waals surface area contributed by atoms with Gasteiger partial charge in [-0.25, -0.2) is 0 Å². The van der Waals surface area contributed by atoms with E-state index in [1.807, 2.05) is 18.4 Å². The molecule has 0 atom stereocenters. The minimum Gasteiger partial charge on any atom is -0.375 e. The third-order valence-electron chi connectivity index (χ3n) is 1.65. The highest BCUT2D eigenvalue weighted by molar-refractivity contribution is 7.98. The molecule has 15 heavy (non-hydrogen) atoms. The molecule has 4 N–H and O–H groups in total. The Morgan fingerprint density at radius 3 is 2.40 bits per heavy atom. The number of thiocarbonyl (C=S) groups is 1. The van der Waals surface area contributed by atoms with Gasteiger partial charge in [-0.05, 0) is 42.7 Å². The van der Waals surface area contributed by atoms with Gasteiger partial charge in [0.1, 0.15) is 0 Å². The van der Waals surface area contributed by atoms with Gasteiger partial charge in [-0.1, -0.05) is 0 Å². The molecule has 0 saturated carbocycles. The Kier molecular flexibility index (Phi) is 4.38. The summed E-state index contributed by atoms with van der Waals surface area (Å²) in [7, 11) is 0. The van der Waals surface area contributed by atoms with Crippen molar-refractivity contribution in [1.29, 1.82) is 0 Å². The molecule has 0 fully saturated rings. The SMILES string of the molecule is CSc1ccc(C(=O)NNC(N)=S)cc1. The van der Waals surface area contributed by atoms with E-state index in [1.54, 1.807) is 23.9 Å². The second kappa shape index (κ2) is 5.57. The average molecular weight is 241 g/mol. The fourth-order valence-electron chi connectivity index (χ4n) is 0.933. The summed E-state index contributed by atoms with van der Waals surface area (Å²) in [6.45, 7) is 0.